The normalized spacial score (nSPS) is 21.5. The molecule has 110 valence electrons. The lowest BCUT2D eigenvalue weighted by atomic mass is 9.87. The van der Waals surface area contributed by atoms with Gasteiger partial charge in [0.15, 0.2) is 0 Å². The Balaban J connectivity index is 2.21. The molecule has 0 saturated carbocycles. The molecule has 2 rings (SSSR count). The number of hydrogen-bond donors (Lipinski definition) is 1. The first-order chi connectivity index (χ1) is 9.28. The van der Waals surface area contributed by atoms with Gasteiger partial charge in [-0.25, -0.2) is 0 Å². The van der Waals surface area contributed by atoms with Gasteiger partial charge in [-0.2, -0.15) is 11.8 Å². The summed E-state index contributed by atoms with van der Waals surface area (Å²) in [5.74, 6) is 2.24. The van der Waals surface area contributed by atoms with Crippen molar-refractivity contribution in [2.24, 2.45) is 5.41 Å². The summed E-state index contributed by atoms with van der Waals surface area (Å²) in [5.41, 5.74) is 3.20. The molecule has 20 heavy (non-hydrogen) atoms. The van der Waals surface area contributed by atoms with Gasteiger partial charge in [0, 0.05) is 29.1 Å². The Morgan fingerprint density at radius 1 is 1.35 bits per heavy atom. The molecule has 0 aliphatic carbocycles. The zero-order valence-corrected chi connectivity index (χ0v) is 13.3. The van der Waals surface area contributed by atoms with Gasteiger partial charge >= 0.3 is 0 Å². The largest absolute Gasteiger partial charge is 0.381 e. The molecule has 0 amide bonds. The Kier molecular flexibility index (Phi) is 4.28. The highest BCUT2D eigenvalue weighted by Gasteiger charge is 2.29. The van der Waals surface area contributed by atoms with Crippen molar-refractivity contribution in [3.63, 3.8) is 0 Å². The number of anilines is 1. The zero-order valence-electron chi connectivity index (χ0n) is 12.5. The predicted molar refractivity (Wildman–Crippen MR) is 85.7 cm³/mol. The zero-order chi connectivity index (χ0) is 14.9. The molecule has 0 radical (unpaired) electrons. The van der Waals surface area contributed by atoms with Gasteiger partial charge in [0.05, 0.1) is 4.92 Å². The number of nitrogens with one attached hydrogen (secondary N) is 1. The molecule has 0 aromatic heterocycles. The van der Waals surface area contributed by atoms with E-state index in [4.69, 9.17) is 0 Å². The van der Waals surface area contributed by atoms with Crippen LogP contribution >= 0.6 is 11.8 Å². The molecule has 1 N–H and O–H groups in total. The molecule has 1 saturated heterocycles. The van der Waals surface area contributed by atoms with Crippen molar-refractivity contribution in [2.75, 3.05) is 16.8 Å². The summed E-state index contributed by atoms with van der Waals surface area (Å²) >= 11 is 1.95. The van der Waals surface area contributed by atoms with Crippen LogP contribution in [0.1, 0.15) is 31.4 Å². The lowest BCUT2D eigenvalue weighted by molar-refractivity contribution is -0.385. The number of nitro groups is 1. The third-order valence-corrected chi connectivity index (χ3v) is 5.33. The van der Waals surface area contributed by atoms with E-state index in [0.717, 1.165) is 29.0 Å². The van der Waals surface area contributed by atoms with Crippen molar-refractivity contribution in [1.82, 2.24) is 0 Å². The van der Waals surface area contributed by atoms with Crippen molar-refractivity contribution >= 4 is 23.1 Å². The second kappa shape index (κ2) is 5.64. The van der Waals surface area contributed by atoms with Crippen molar-refractivity contribution in [2.45, 2.75) is 40.2 Å². The summed E-state index contributed by atoms with van der Waals surface area (Å²) in [7, 11) is 0. The topological polar surface area (TPSA) is 55.2 Å². The number of nitro benzene ring substituents is 1. The first-order valence-electron chi connectivity index (χ1n) is 6.88. The molecule has 1 aromatic rings. The first-order valence-corrected chi connectivity index (χ1v) is 8.04. The molecular weight excluding hydrogens is 272 g/mol. The minimum atomic E-state index is -0.306. The molecule has 5 heteroatoms. The average Bonchev–Trinajstić information content (AvgIpc) is 2.31. The highest BCUT2D eigenvalue weighted by molar-refractivity contribution is 7.99. The number of aryl methyl sites for hydroxylation is 2. The van der Waals surface area contributed by atoms with Crippen LogP contribution in [-0.4, -0.2) is 22.5 Å². The van der Waals surface area contributed by atoms with E-state index in [0.29, 0.717) is 11.5 Å². The van der Waals surface area contributed by atoms with E-state index in [1.54, 1.807) is 13.0 Å². The molecule has 1 aliphatic rings. The lowest BCUT2D eigenvalue weighted by Gasteiger charge is -2.35. The van der Waals surface area contributed by atoms with E-state index in [2.05, 4.69) is 19.2 Å². The van der Waals surface area contributed by atoms with E-state index < -0.39 is 0 Å². The maximum absolute atomic E-state index is 11.1. The van der Waals surface area contributed by atoms with Crippen LogP contribution in [0.25, 0.3) is 0 Å². The smallest absolute Gasteiger partial charge is 0.274 e. The van der Waals surface area contributed by atoms with E-state index in [1.165, 1.54) is 5.75 Å². The summed E-state index contributed by atoms with van der Waals surface area (Å²) in [6.45, 7) is 8.34. The summed E-state index contributed by atoms with van der Waals surface area (Å²) in [6.07, 6.45) is 1.10. The molecule has 0 spiro atoms. The van der Waals surface area contributed by atoms with Crippen LogP contribution in [0.5, 0.6) is 0 Å². The van der Waals surface area contributed by atoms with Crippen molar-refractivity contribution < 1.29 is 4.92 Å². The van der Waals surface area contributed by atoms with Crippen LogP contribution < -0.4 is 5.32 Å². The minimum Gasteiger partial charge on any atom is -0.381 e. The summed E-state index contributed by atoms with van der Waals surface area (Å²) < 4.78 is 0. The van der Waals surface area contributed by atoms with Gasteiger partial charge in [-0.3, -0.25) is 10.1 Å². The Morgan fingerprint density at radius 2 is 2.05 bits per heavy atom. The fraction of sp³-hybridized carbons (Fsp3) is 0.600. The molecule has 1 unspecified atom stereocenters. The van der Waals surface area contributed by atoms with E-state index in [9.17, 15) is 10.1 Å². The Morgan fingerprint density at radius 3 is 2.65 bits per heavy atom. The Bertz CT molecular complexity index is 529. The van der Waals surface area contributed by atoms with Gasteiger partial charge in [-0.1, -0.05) is 13.8 Å². The van der Waals surface area contributed by atoms with Crippen molar-refractivity contribution in [1.29, 1.82) is 0 Å². The van der Waals surface area contributed by atoms with Crippen LogP contribution in [0.4, 0.5) is 11.4 Å². The fourth-order valence-electron chi connectivity index (χ4n) is 2.77. The molecule has 1 heterocycles. The van der Waals surface area contributed by atoms with Gasteiger partial charge in [0.1, 0.15) is 0 Å². The number of thioether (sulfide) groups is 1. The predicted octanol–water partition coefficient (Wildman–Crippen LogP) is 4.16. The Labute approximate surface area is 124 Å². The second-order valence-electron chi connectivity index (χ2n) is 6.44. The molecule has 0 bridgehead atoms. The maximum Gasteiger partial charge on any atom is 0.274 e. The van der Waals surface area contributed by atoms with Gasteiger partial charge in [0.25, 0.3) is 5.69 Å². The molecule has 1 fully saturated rings. The fourth-order valence-corrected chi connectivity index (χ4v) is 4.04. The van der Waals surface area contributed by atoms with Gasteiger partial charge in [-0.05, 0) is 43.1 Å². The van der Waals surface area contributed by atoms with Crippen LogP contribution in [0.2, 0.25) is 0 Å². The monoisotopic (exact) mass is 294 g/mol. The quantitative estimate of drug-likeness (QED) is 0.672. The molecule has 1 aliphatic heterocycles. The van der Waals surface area contributed by atoms with Gasteiger partial charge < -0.3 is 5.32 Å². The number of rotatable bonds is 3. The summed E-state index contributed by atoms with van der Waals surface area (Å²) in [6, 6.07) is 3.95. The van der Waals surface area contributed by atoms with Crippen LogP contribution in [0.15, 0.2) is 12.1 Å². The molecule has 4 nitrogen and oxygen atoms in total. The third-order valence-electron chi connectivity index (χ3n) is 3.71. The SMILES string of the molecule is Cc1cc(C)c([N+](=O)[O-])cc1NC1CSCC(C)(C)C1. The van der Waals surface area contributed by atoms with Gasteiger partial charge in [0.2, 0.25) is 0 Å². The van der Waals surface area contributed by atoms with E-state index in [1.807, 2.05) is 24.8 Å². The van der Waals surface area contributed by atoms with Crippen LogP contribution in [-0.2, 0) is 0 Å². The van der Waals surface area contributed by atoms with Crippen molar-refractivity contribution in [3.05, 3.63) is 33.4 Å². The maximum atomic E-state index is 11.1. The number of nitrogens with zero attached hydrogens (tertiary/aromatic N) is 1. The molecule has 1 aromatic carbocycles. The first kappa shape index (κ1) is 15.2. The third kappa shape index (κ3) is 3.45. The summed E-state index contributed by atoms with van der Waals surface area (Å²) in [4.78, 5) is 10.7. The number of benzene rings is 1. The van der Waals surface area contributed by atoms with Crippen molar-refractivity contribution in [3.8, 4) is 0 Å². The average molecular weight is 294 g/mol. The van der Waals surface area contributed by atoms with E-state index >= 15 is 0 Å². The summed E-state index contributed by atoms with van der Waals surface area (Å²) in [5, 5.41) is 14.6. The van der Waals surface area contributed by atoms with Crippen LogP contribution in [0, 0.1) is 29.4 Å². The van der Waals surface area contributed by atoms with E-state index in [-0.39, 0.29) is 10.6 Å². The minimum absolute atomic E-state index is 0.195. The second-order valence-corrected chi connectivity index (χ2v) is 7.47. The highest BCUT2D eigenvalue weighted by atomic mass is 32.2. The number of hydrogen-bond acceptors (Lipinski definition) is 4. The molecule has 1 atom stereocenters. The highest BCUT2D eigenvalue weighted by Crippen LogP contribution is 2.36. The van der Waals surface area contributed by atoms with Gasteiger partial charge in [-0.15, -0.1) is 0 Å². The van der Waals surface area contributed by atoms with Crippen LogP contribution in [0.3, 0.4) is 0 Å². The Hall–Kier alpha value is -1.23. The molecular formula is C15H22N2O2S. The standard InChI is InChI=1S/C15H22N2O2S/c1-10-5-11(2)14(17(18)19)6-13(10)16-12-7-15(3,4)9-20-8-12/h5-6,12,16H,7-9H2,1-4H3. The lowest BCUT2D eigenvalue weighted by Crippen LogP contribution is -2.35.